The van der Waals surface area contributed by atoms with Crippen molar-refractivity contribution in [2.45, 2.75) is 23.8 Å². The molecule has 0 saturated carbocycles. The van der Waals surface area contributed by atoms with E-state index in [0.717, 1.165) is 20.5 Å². The quantitative estimate of drug-likeness (QED) is 0.278. The lowest BCUT2D eigenvalue weighted by molar-refractivity contribution is -0.122. The molecule has 31 heavy (non-hydrogen) atoms. The molecule has 2 aromatic carbocycles. The van der Waals surface area contributed by atoms with Gasteiger partial charge >= 0.3 is 0 Å². The Morgan fingerprint density at radius 1 is 1.06 bits per heavy atom. The molecule has 4 rings (SSSR count). The van der Waals surface area contributed by atoms with Gasteiger partial charge in [0.1, 0.15) is 11.3 Å². The average Bonchev–Trinajstić information content (AvgIpc) is 3.07. The minimum absolute atomic E-state index is 0.0515. The third-order valence-electron chi connectivity index (χ3n) is 4.77. The molecule has 1 aliphatic rings. The first kappa shape index (κ1) is 21.5. The van der Waals surface area contributed by atoms with E-state index in [1.165, 1.54) is 22.7 Å². The van der Waals surface area contributed by atoms with Gasteiger partial charge < -0.3 is 4.42 Å². The Balaban J connectivity index is 1.66. The number of hydrogen-bond acceptors (Lipinski definition) is 5. The van der Waals surface area contributed by atoms with Crippen LogP contribution in [0.5, 0.6) is 0 Å². The predicted molar refractivity (Wildman–Crippen MR) is 129 cm³/mol. The molecule has 1 aliphatic heterocycles. The lowest BCUT2D eigenvalue weighted by Crippen LogP contribution is -2.54. The fourth-order valence-electron chi connectivity index (χ4n) is 3.00. The fourth-order valence-corrected chi connectivity index (χ4v) is 4.64. The number of thiocarbonyl (C=S) groups is 1. The smallest absolute Gasteiger partial charge is 0.270 e. The Morgan fingerprint density at radius 2 is 1.81 bits per heavy atom. The Bertz CT molecular complexity index is 1230. The van der Waals surface area contributed by atoms with Gasteiger partial charge in [-0.15, -0.1) is 0 Å². The van der Waals surface area contributed by atoms with E-state index in [9.17, 15) is 9.59 Å². The van der Waals surface area contributed by atoms with Crippen LogP contribution in [-0.2, 0) is 9.59 Å². The number of halogens is 1. The molecule has 5 nitrogen and oxygen atoms in total. The maximum Gasteiger partial charge on any atom is 0.270 e. The molecule has 0 unspecified atom stereocenters. The molecule has 0 radical (unpaired) electrons. The first-order valence-corrected chi connectivity index (χ1v) is 11.4. The molecule has 1 fully saturated rings. The van der Waals surface area contributed by atoms with E-state index < -0.39 is 11.8 Å². The minimum atomic E-state index is -0.556. The Morgan fingerprint density at radius 3 is 2.52 bits per heavy atom. The molecular formula is C23H17BrN2O3S2. The second kappa shape index (κ2) is 8.82. The van der Waals surface area contributed by atoms with Crippen LogP contribution in [-0.4, -0.2) is 16.9 Å². The van der Waals surface area contributed by atoms with E-state index in [-0.39, 0.29) is 10.7 Å². The number of hydrogen-bond donors (Lipinski definition) is 1. The van der Waals surface area contributed by atoms with Crippen LogP contribution in [0.25, 0.3) is 6.08 Å². The second-order valence-electron chi connectivity index (χ2n) is 6.93. The normalized spacial score (nSPS) is 15.5. The van der Waals surface area contributed by atoms with Gasteiger partial charge in [0.15, 0.2) is 10.2 Å². The Labute approximate surface area is 197 Å². The number of nitrogens with zero attached hydrogens (tertiary/aromatic N) is 1. The van der Waals surface area contributed by atoms with Gasteiger partial charge in [-0.25, -0.2) is 0 Å². The highest BCUT2D eigenvalue weighted by Crippen LogP contribution is 2.36. The predicted octanol–water partition coefficient (Wildman–Crippen LogP) is 5.64. The van der Waals surface area contributed by atoms with E-state index in [2.05, 4.69) is 21.2 Å². The second-order valence-corrected chi connectivity index (χ2v) is 9.21. The van der Waals surface area contributed by atoms with E-state index in [1.807, 2.05) is 56.3 Å². The molecule has 1 saturated heterocycles. The first-order valence-electron chi connectivity index (χ1n) is 9.34. The van der Waals surface area contributed by atoms with Gasteiger partial charge in [-0.05, 0) is 89.5 Å². The highest BCUT2D eigenvalue weighted by molar-refractivity contribution is 9.10. The average molecular weight is 513 g/mol. The third kappa shape index (κ3) is 4.51. The topological polar surface area (TPSA) is 62.6 Å². The zero-order valence-corrected chi connectivity index (χ0v) is 19.9. The summed E-state index contributed by atoms with van der Waals surface area (Å²) in [6.07, 6.45) is 1.44. The summed E-state index contributed by atoms with van der Waals surface area (Å²) >= 11 is 10.2. The van der Waals surface area contributed by atoms with E-state index in [0.29, 0.717) is 16.5 Å². The SMILES string of the molecule is Cc1ccc(N2C(=O)/C(=C/c3cc(Br)c(Sc4ccccc4)o3)C(=O)NC2=S)cc1C. The van der Waals surface area contributed by atoms with Crippen molar-refractivity contribution in [2.75, 3.05) is 4.90 Å². The van der Waals surface area contributed by atoms with Crippen LogP contribution < -0.4 is 10.2 Å². The van der Waals surface area contributed by atoms with Crippen molar-refractivity contribution >= 4 is 68.6 Å². The summed E-state index contributed by atoms with van der Waals surface area (Å²) in [5.41, 5.74) is 2.67. The standard InChI is InChI=1S/C23H17BrN2O3S2/c1-13-8-9-15(10-14(13)2)26-21(28)18(20(27)25-23(26)30)11-16-12-19(24)22(29-16)31-17-6-4-3-5-7-17/h3-12H,1-2H3,(H,25,27,30)/b18-11+. The lowest BCUT2D eigenvalue weighted by Gasteiger charge is -2.29. The number of nitrogens with one attached hydrogen (secondary N) is 1. The zero-order valence-electron chi connectivity index (χ0n) is 16.6. The molecule has 156 valence electrons. The van der Waals surface area contributed by atoms with Crippen LogP contribution in [0, 0.1) is 13.8 Å². The van der Waals surface area contributed by atoms with Gasteiger partial charge in [0.2, 0.25) is 0 Å². The van der Waals surface area contributed by atoms with Crippen LogP contribution >= 0.6 is 39.9 Å². The fraction of sp³-hybridized carbons (Fsp3) is 0.0870. The van der Waals surface area contributed by atoms with Crippen LogP contribution in [0.15, 0.2) is 79.0 Å². The number of furan rings is 1. The first-order chi connectivity index (χ1) is 14.8. The summed E-state index contributed by atoms with van der Waals surface area (Å²) in [5, 5.41) is 3.27. The highest BCUT2D eigenvalue weighted by atomic mass is 79.9. The molecule has 0 spiro atoms. The van der Waals surface area contributed by atoms with Crippen LogP contribution in [0.3, 0.4) is 0 Å². The molecule has 2 amide bonds. The summed E-state index contributed by atoms with van der Waals surface area (Å²) in [5.74, 6) is -0.668. The van der Waals surface area contributed by atoms with Gasteiger partial charge in [-0.1, -0.05) is 36.0 Å². The van der Waals surface area contributed by atoms with Crippen molar-refractivity contribution < 1.29 is 14.0 Å². The maximum atomic E-state index is 13.2. The van der Waals surface area contributed by atoms with Crippen molar-refractivity contribution in [3.05, 3.63) is 81.5 Å². The summed E-state index contributed by atoms with van der Waals surface area (Å²) in [6, 6.07) is 17.1. The minimum Gasteiger partial charge on any atom is -0.449 e. The lowest BCUT2D eigenvalue weighted by atomic mass is 10.1. The summed E-state index contributed by atoms with van der Waals surface area (Å²) in [7, 11) is 0. The molecule has 1 aromatic heterocycles. The Hall–Kier alpha value is -2.68. The maximum absolute atomic E-state index is 13.2. The van der Waals surface area contributed by atoms with Gasteiger partial charge in [0, 0.05) is 4.90 Å². The molecule has 0 atom stereocenters. The van der Waals surface area contributed by atoms with Crippen molar-refractivity contribution in [2.24, 2.45) is 0 Å². The van der Waals surface area contributed by atoms with Crippen LogP contribution in [0.1, 0.15) is 16.9 Å². The molecular weight excluding hydrogens is 496 g/mol. The number of rotatable bonds is 4. The molecule has 0 bridgehead atoms. The number of anilines is 1. The van der Waals surface area contributed by atoms with Gasteiger partial charge in [0.25, 0.3) is 11.8 Å². The largest absolute Gasteiger partial charge is 0.449 e. The molecule has 3 aromatic rings. The van der Waals surface area contributed by atoms with Crippen molar-refractivity contribution in [1.29, 1.82) is 0 Å². The van der Waals surface area contributed by atoms with Gasteiger partial charge in [0.05, 0.1) is 10.2 Å². The number of aryl methyl sites for hydroxylation is 2. The van der Waals surface area contributed by atoms with Gasteiger partial charge in [-0.3, -0.25) is 19.8 Å². The van der Waals surface area contributed by atoms with Crippen LogP contribution in [0.2, 0.25) is 0 Å². The number of carbonyl (C=O) groups is 2. The van der Waals surface area contributed by atoms with Crippen LogP contribution in [0.4, 0.5) is 5.69 Å². The van der Waals surface area contributed by atoms with Crippen molar-refractivity contribution in [1.82, 2.24) is 5.32 Å². The monoisotopic (exact) mass is 512 g/mol. The molecule has 8 heteroatoms. The molecule has 2 heterocycles. The summed E-state index contributed by atoms with van der Waals surface area (Å²) in [4.78, 5) is 28.0. The van der Waals surface area contributed by atoms with E-state index in [1.54, 1.807) is 12.1 Å². The Kier molecular flexibility index (Phi) is 6.13. The summed E-state index contributed by atoms with van der Waals surface area (Å²) in [6.45, 7) is 3.94. The zero-order chi connectivity index (χ0) is 22.1. The summed E-state index contributed by atoms with van der Waals surface area (Å²) < 4.78 is 6.61. The molecule has 1 N–H and O–H groups in total. The highest BCUT2D eigenvalue weighted by Gasteiger charge is 2.35. The third-order valence-corrected chi connectivity index (χ3v) is 6.90. The van der Waals surface area contributed by atoms with Crippen molar-refractivity contribution in [3.8, 4) is 0 Å². The van der Waals surface area contributed by atoms with E-state index in [4.69, 9.17) is 16.6 Å². The number of carbonyl (C=O) groups excluding carboxylic acids is 2. The number of benzene rings is 2. The molecule has 0 aliphatic carbocycles. The van der Waals surface area contributed by atoms with Crippen molar-refractivity contribution in [3.63, 3.8) is 0 Å². The van der Waals surface area contributed by atoms with E-state index >= 15 is 0 Å². The number of amides is 2. The van der Waals surface area contributed by atoms with Gasteiger partial charge in [-0.2, -0.15) is 0 Å².